The standard InChI is InChI=1S/C16H27NO/c1-4-6-7-14(5-2)12-18-16-10-8-15(9-11-16)13(3)17/h8-11,13-14H,4-7,12,17H2,1-3H3. The zero-order valence-electron chi connectivity index (χ0n) is 12.0. The van der Waals surface area contributed by atoms with Crippen molar-refractivity contribution < 1.29 is 4.74 Å². The van der Waals surface area contributed by atoms with Crippen LogP contribution in [-0.2, 0) is 0 Å². The minimum absolute atomic E-state index is 0.0898. The van der Waals surface area contributed by atoms with Crippen molar-refractivity contribution in [1.29, 1.82) is 0 Å². The Bertz CT molecular complexity index is 318. The van der Waals surface area contributed by atoms with E-state index in [2.05, 4.69) is 13.8 Å². The molecule has 1 aromatic rings. The number of ether oxygens (including phenoxy) is 1. The van der Waals surface area contributed by atoms with Crippen molar-refractivity contribution in [2.75, 3.05) is 6.61 Å². The molecule has 0 aliphatic rings. The Hall–Kier alpha value is -1.02. The van der Waals surface area contributed by atoms with Gasteiger partial charge in [0, 0.05) is 6.04 Å². The van der Waals surface area contributed by atoms with Crippen LogP contribution in [0.4, 0.5) is 0 Å². The summed E-state index contributed by atoms with van der Waals surface area (Å²) in [7, 11) is 0. The van der Waals surface area contributed by atoms with Gasteiger partial charge in [0.05, 0.1) is 6.61 Å². The molecule has 0 saturated carbocycles. The lowest BCUT2D eigenvalue weighted by atomic mass is 10.0. The lowest BCUT2D eigenvalue weighted by Crippen LogP contribution is -2.11. The molecule has 18 heavy (non-hydrogen) atoms. The molecule has 0 spiro atoms. The van der Waals surface area contributed by atoms with Gasteiger partial charge in [0.1, 0.15) is 5.75 Å². The Morgan fingerprint density at radius 3 is 2.33 bits per heavy atom. The molecule has 0 amide bonds. The molecule has 2 unspecified atom stereocenters. The predicted octanol–water partition coefficient (Wildman–Crippen LogP) is 4.30. The van der Waals surface area contributed by atoms with Gasteiger partial charge in [0.2, 0.25) is 0 Å². The van der Waals surface area contributed by atoms with Crippen LogP contribution >= 0.6 is 0 Å². The van der Waals surface area contributed by atoms with Gasteiger partial charge in [-0.25, -0.2) is 0 Å². The first kappa shape index (κ1) is 15.0. The zero-order valence-corrected chi connectivity index (χ0v) is 12.0. The van der Waals surface area contributed by atoms with Crippen LogP contribution in [-0.4, -0.2) is 6.61 Å². The monoisotopic (exact) mass is 249 g/mol. The molecular weight excluding hydrogens is 222 g/mol. The maximum atomic E-state index is 5.85. The molecule has 0 radical (unpaired) electrons. The number of nitrogens with two attached hydrogens (primary N) is 1. The number of rotatable bonds is 8. The van der Waals surface area contributed by atoms with Crippen molar-refractivity contribution in [3.63, 3.8) is 0 Å². The molecule has 102 valence electrons. The topological polar surface area (TPSA) is 35.2 Å². The average Bonchev–Trinajstić information content (AvgIpc) is 2.39. The normalized spacial score (nSPS) is 14.2. The van der Waals surface area contributed by atoms with E-state index < -0.39 is 0 Å². The van der Waals surface area contributed by atoms with Crippen LogP contribution in [0.15, 0.2) is 24.3 Å². The number of hydrogen-bond acceptors (Lipinski definition) is 2. The van der Waals surface area contributed by atoms with E-state index in [1.165, 1.54) is 25.7 Å². The van der Waals surface area contributed by atoms with Gasteiger partial charge < -0.3 is 10.5 Å². The Morgan fingerprint density at radius 2 is 1.83 bits per heavy atom. The highest BCUT2D eigenvalue weighted by atomic mass is 16.5. The Morgan fingerprint density at radius 1 is 1.17 bits per heavy atom. The van der Waals surface area contributed by atoms with Crippen molar-refractivity contribution in [1.82, 2.24) is 0 Å². The van der Waals surface area contributed by atoms with Gasteiger partial charge in [0.15, 0.2) is 0 Å². The molecule has 0 heterocycles. The summed E-state index contributed by atoms with van der Waals surface area (Å²) in [6.07, 6.45) is 5.02. The predicted molar refractivity (Wildman–Crippen MR) is 77.8 cm³/mol. The van der Waals surface area contributed by atoms with E-state index in [1.807, 2.05) is 31.2 Å². The molecule has 0 aliphatic heterocycles. The SMILES string of the molecule is CCCCC(CC)COc1ccc(C(C)N)cc1. The fourth-order valence-corrected chi connectivity index (χ4v) is 1.98. The lowest BCUT2D eigenvalue weighted by Gasteiger charge is -2.16. The van der Waals surface area contributed by atoms with E-state index >= 15 is 0 Å². The van der Waals surface area contributed by atoms with E-state index in [4.69, 9.17) is 10.5 Å². The first-order valence-corrected chi connectivity index (χ1v) is 7.15. The largest absolute Gasteiger partial charge is 0.493 e. The minimum Gasteiger partial charge on any atom is -0.493 e. The highest BCUT2D eigenvalue weighted by Gasteiger charge is 2.07. The minimum atomic E-state index is 0.0898. The van der Waals surface area contributed by atoms with Crippen molar-refractivity contribution in [3.05, 3.63) is 29.8 Å². The second-order valence-electron chi connectivity index (χ2n) is 5.09. The van der Waals surface area contributed by atoms with Gasteiger partial charge in [-0.1, -0.05) is 45.2 Å². The third kappa shape index (κ3) is 5.09. The van der Waals surface area contributed by atoms with Gasteiger partial charge in [-0.3, -0.25) is 0 Å². The van der Waals surface area contributed by atoms with Gasteiger partial charge in [-0.2, -0.15) is 0 Å². The summed E-state index contributed by atoms with van der Waals surface area (Å²) >= 11 is 0. The highest BCUT2D eigenvalue weighted by Crippen LogP contribution is 2.19. The van der Waals surface area contributed by atoms with E-state index in [0.717, 1.165) is 17.9 Å². The molecule has 2 N–H and O–H groups in total. The summed E-state index contributed by atoms with van der Waals surface area (Å²) in [5.74, 6) is 1.63. The number of hydrogen-bond donors (Lipinski definition) is 1. The highest BCUT2D eigenvalue weighted by molar-refractivity contribution is 5.28. The molecule has 0 bridgehead atoms. The summed E-state index contributed by atoms with van der Waals surface area (Å²) in [5, 5.41) is 0. The van der Waals surface area contributed by atoms with E-state index in [1.54, 1.807) is 0 Å². The molecular formula is C16H27NO. The van der Waals surface area contributed by atoms with Crippen molar-refractivity contribution in [2.24, 2.45) is 11.7 Å². The van der Waals surface area contributed by atoms with Crippen molar-refractivity contribution in [2.45, 2.75) is 52.5 Å². The van der Waals surface area contributed by atoms with E-state index in [0.29, 0.717) is 5.92 Å². The molecule has 2 heteroatoms. The summed E-state index contributed by atoms with van der Waals surface area (Å²) in [4.78, 5) is 0. The first-order chi connectivity index (χ1) is 8.67. The number of unbranched alkanes of at least 4 members (excludes halogenated alkanes) is 1. The fraction of sp³-hybridized carbons (Fsp3) is 0.625. The average molecular weight is 249 g/mol. The van der Waals surface area contributed by atoms with Crippen LogP contribution in [0.25, 0.3) is 0 Å². The maximum absolute atomic E-state index is 5.85. The summed E-state index contributed by atoms with van der Waals surface area (Å²) in [6, 6.07) is 8.23. The number of benzene rings is 1. The van der Waals surface area contributed by atoms with Crippen LogP contribution in [0.5, 0.6) is 5.75 Å². The maximum Gasteiger partial charge on any atom is 0.119 e. The van der Waals surface area contributed by atoms with Gasteiger partial charge in [-0.15, -0.1) is 0 Å². The fourth-order valence-electron chi connectivity index (χ4n) is 1.98. The molecule has 1 aromatic carbocycles. The third-order valence-corrected chi connectivity index (χ3v) is 3.43. The Balaban J connectivity index is 2.42. The molecule has 0 aliphatic carbocycles. The van der Waals surface area contributed by atoms with Gasteiger partial charge in [-0.05, 0) is 37.0 Å². The second-order valence-corrected chi connectivity index (χ2v) is 5.09. The summed E-state index contributed by atoms with van der Waals surface area (Å²) < 4.78 is 5.85. The zero-order chi connectivity index (χ0) is 13.4. The van der Waals surface area contributed by atoms with Crippen LogP contribution in [0.1, 0.15) is 58.1 Å². The van der Waals surface area contributed by atoms with Crippen LogP contribution < -0.4 is 10.5 Å². The molecule has 1 rings (SSSR count). The van der Waals surface area contributed by atoms with E-state index in [-0.39, 0.29) is 6.04 Å². The molecule has 0 saturated heterocycles. The molecule has 0 aromatic heterocycles. The van der Waals surface area contributed by atoms with Crippen LogP contribution in [0.2, 0.25) is 0 Å². The van der Waals surface area contributed by atoms with Gasteiger partial charge >= 0.3 is 0 Å². The van der Waals surface area contributed by atoms with Crippen LogP contribution in [0.3, 0.4) is 0 Å². The molecule has 2 atom stereocenters. The molecule has 0 fully saturated rings. The summed E-state index contributed by atoms with van der Waals surface area (Å²) in [5.41, 5.74) is 6.97. The third-order valence-electron chi connectivity index (χ3n) is 3.43. The Kier molecular flexibility index (Phi) is 6.81. The van der Waals surface area contributed by atoms with Crippen LogP contribution in [0, 0.1) is 5.92 Å². The first-order valence-electron chi connectivity index (χ1n) is 7.15. The quantitative estimate of drug-likeness (QED) is 0.745. The Labute approximate surface area is 112 Å². The lowest BCUT2D eigenvalue weighted by molar-refractivity contribution is 0.233. The molecule has 2 nitrogen and oxygen atoms in total. The van der Waals surface area contributed by atoms with Crippen molar-refractivity contribution >= 4 is 0 Å². The van der Waals surface area contributed by atoms with Crippen molar-refractivity contribution in [3.8, 4) is 5.75 Å². The summed E-state index contributed by atoms with van der Waals surface area (Å²) in [6.45, 7) is 7.30. The second kappa shape index (κ2) is 8.15. The smallest absolute Gasteiger partial charge is 0.119 e. The van der Waals surface area contributed by atoms with Gasteiger partial charge in [0.25, 0.3) is 0 Å². The van der Waals surface area contributed by atoms with E-state index in [9.17, 15) is 0 Å².